The van der Waals surface area contributed by atoms with Gasteiger partial charge in [0.1, 0.15) is 5.75 Å². The van der Waals surface area contributed by atoms with Gasteiger partial charge in [0, 0.05) is 11.7 Å². The van der Waals surface area contributed by atoms with Crippen LogP contribution in [0.3, 0.4) is 0 Å². The molecule has 0 saturated heterocycles. The zero-order valence-electron chi connectivity index (χ0n) is 12.3. The minimum absolute atomic E-state index is 0.254. The first-order valence-corrected chi connectivity index (χ1v) is 7.59. The highest BCUT2D eigenvalue weighted by Crippen LogP contribution is 2.27. The first-order chi connectivity index (χ1) is 10.2. The normalized spacial score (nSPS) is 11.7. The number of benzene rings is 2. The van der Waals surface area contributed by atoms with Crippen molar-refractivity contribution in [2.24, 2.45) is 0 Å². The fraction of sp³-hybridized carbons (Fsp3) is 0.278. The van der Waals surface area contributed by atoms with E-state index in [1.165, 1.54) is 5.56 Å². The molecule has 0 spiro atoms. The SMILES string of the molecule is Cc1cc(C#N)cc(C)c1OCC(CS)c1ccccc1. The fourth-order valence-corrected chi connectivity index (χ4v) is 2.72. The molecule has 0 heterocycles. The van der Waals surface area contributed by atoms with Crippen LogP contribution in [0.2, 0.25) is 0 Å². The van der Waals surface area contributed by atoms with Crippen LogP contribution < -0.4 is 4.74 Å². The summed E-state index contributed by atoms with van der Waals surface area (Å²) >= 11 is 4.43. The van der Waals surface area contributed by atoms with Gasteiger partial charge >= 0.3 is 0 Å². The lowest BCUT2D eigenvalue weighted by molar-refractivity contribution is 0.294. The van der Waals surface area contributed by atoms with Crippen LogP contribution in [0.4, 0.5) is 0 Å². The van der Waals surface area contributed by atoms with Crippen LogP contribution in [-0.2, 0) is 0 Å². The van der Waals surface area contributed by atoms with Crippen LogP contribution >= 0.6 is 12.6 Å². The Bertz CT molecular complexity index is 623. The third-order valence-electron chi connectivity index (χ3n) is 3.51. The van der Waals surface area contributed by atoms with Gasteiger partial charge < -0.3 is 4.74 Å². The standard InChI is InChI=1S/C18H19NOS/c1-13-8-15(10-19)9-14(2)18(13)20-11-17(12-21)16-6-4-3-5-7-16/h3-9,17,21H,11-12H2,1-2H3. The lowest BCUT2D eigenvalue weighted by Gasteiger charge is -2.18. The Kier molecular flexibility index (Phi) is 5.30. The molecule has 2 rings (SSSR count). The summed E-state index contributed by atoms with van der Waals surface area (Å²) in [6.45, 7) is 4.53. The van der Waals surface area contributed by atoms with E-state index in [0.717, 1.165) is 22.6 Å². The van der Waals surface area contributed by atoms with Crippen molar-refractivity contribution in [1.29, 1.82) is 5.26 Å². The molecule has 3 heteroatoms. The van der Waals surface area contributed by atoms with Gasteiger partial charge in [0.2, 0.25) is 0 Å². The molecule has 0 bridgehead atoms. The number of nitriles is 1. The molecule has 0 amide bonds. The van der Waals surface area contributed by atoms with Crippen molar-refractivity contribution in [2.75, 3.05) is 12.4 Å². The maximum Gasteiger partial charge on any atom is 0.125 e. The molecule has 0 saturated carbocycles. The summed E-state index contributed by atoms with van der Waals surface area (Å²) in [6.07, 6.45) is 0. The summed E-state index contributed by atoms with van der Waals surface area (Å²) in [5, 5.41) is 8.98. The molecule has 108 valence electrons. The maximum absolute atomic E-state index is 8.98. The Morgan fingerprint density at radius 2 is 1.76 bits per heavy atom. The van der Waals surface area contributed by atoms with Gasteiger partial charge in [-0.05, 0) is 42.7 Å². The Hall–Kier alpha value is -1.92. The van der Waals surface area contributed by atoms with E-state index >= 15 is 0 Å². The van der Waals surface area contributed by atoms with Crippen LogP contribution in [0.1, 0.15) is 28.2 Å². The molecule has 2 nitrogen and oxygen atoms in total. The van der Waals surface area contributed by atoms with Crippen LogP contribution in [-0.4, -0.2) is 12.4 Å². The molecule has 0 fully saturated rings. The monoisotopic (exact) mass is 297 g/mol. The number of rotatable bonds is 5. The van der Waals surface area contributed by atoms with Crippen LogP contribution in [0, 0.1) is 25.2 Å². The van der Waals surface area contributed by atoms with Crippen molar-refractivity contribution in [3.8, 4) is 11.8 Å². The minimum atomic E-state index is 0.254. The summed E-state index contributed by atoms with van der Waals surface area (Å²) in [7, 11) is 0. The van der Waals surface area contributed by atoms with Crippen molar-refractivity contribution in [3.63, 3.8) is 0 Å². The lowest BCUT2D eigenvalue weighted by atomic mass is 10.0. The van der Waals surface area contributed by atoms with Gasteiger partial charge in [-0.15, -0.1) is 0 Å². The van der Waals surface area contributed by atoms with Crippen molar-refractivity contribution in [2.45, 2.75) is 19.8 Å². The zero-order chi connectivity index (χ0) is 15.2. The maximum atomic E-state index is 8.98. The summed E-state index contributed by atoms with van der Waals surface area (Å²) in [5.74, 6) is 1.86. The number of hydrogen-bond acceptors (Lipinski definition) is 3. The molecule has 21 heavy (non-hydrogen) atoms. The summed E-state index contributed by atoms with van der Waals surface area (Å²) in [5.41, 5.74) is 3.90. The van der Waals surface area contributed by atoms with E-state index in [4.69, 9.17) is 10.00 Å². The van der Waals surface area contributed by atoms with E-state index in [2.05, 4.69) is 30.8 Å². The van der Waals surface area contributed by atoms with Crippen molar-refractivity contribution in [1.82, 2.24) is 0 Å². The van der Waals surface area contributed by atoms with Crippen molar-refractivity contribution >= 4 is 12.6 Å². The molecular formula is C18H19NOS. The number of thiol groups is 1. The highest BCUT2D eigenvalue weighted by molar-refractivity contribution is 7.80. The van der Waals surface area contributed by atoms with Gasteiger partial charge in [0.15, 0.2) is 0 Å². The molecule has 0 aliphatic heterocycles. The minimum Gasteiger partial charge on any atom is -0.492 e. The average molecular weight is 297 g/mol. The summed E-state index contributed by atoms with van der Waals surface area (Å²) < 4.78 is 6.02. The van der Waals surface area contributed by atoms with E-state index in [9.17, 15) is 0 Å². The zero-order valence-corrected chi connectivity index (χ0v) is 13.2. The average Bonchev–Trinajstić information content (AvgIpc) is 2.50. The molecule has 1 atom stereocenters. The highest BCUT2D eigenvalue weighted by Gasteiger charge is 2.13. The smallest absolute Gasteiger partial charge is 0.125 e. The Morgan fingerprint density at radius 3 is 2.29 bits per heavy atom. The third-order valence-corrected chi connectivity index (χ3v) is 3.95. The number of nitrogens with zero attached hydrogens (tertiary/aromatic N) is 1. The second-order valence-electron chi connectivity index (χ2n) is 5.15. The fourth-order valence-electron chi connectivity index (χ4n) is 2.41. The van der Waals surface area contributed by atoms with Gasteiger partial charge in [-0.25, -0.2) is 0 Å². The molecule has 0 aliphatic rings. The number of aryl methyl sites for hydroxylation is 2. The molecule has 1 unspecified atom stereocenters. The number of hydrogen-bond donors (Lipinski definition) is 1. The summed E-state index contributed by atoms with van der Waals surface area (Å²) in [6, 6.07) is 16.2. The van der Waals surface area contributed by atoms with Crippen molar-refractivity contribution in [3.05, 3.63) is 64.7 Å². The number of ether oxygens (including phenoxy) is 1. The van der Waals surface area contributed by atoms with E-state index in [1.54, 1.807) is 0 Å². The quantitative estimate of drug-likeness (QED) is 0.836. The predicted molar refractivity (Wildman–Crippen MR) is 89.2 cm³/mol. The van der Waals surface area contributed by atoms with Crippen LogP contribution in [0.5, 0.6) is 5.75 Å². The molecule has 2 aromatic rings. The van der Waals surface area contributed by atoms with E-state index in [1.807, 2.05) is 44.2 Å². The molecule has 0 aliphatic carbocycles. The van der Waals surface area contributed by atoms with Crippen LogP contribution in [0.15, 0.2) is 42.5 Å². The molecule has 2 aromatic carbocycles. The van der Waals surface area contributed by atoms with E-state index in [0.29, 0.717) is 12.2 Å². The first-order valence-electron chi connectivity index (χ1n) is 6.95. The Labute approximate surface area is 131 Å². The molecular weight excluding hydrogens is 278 g/mol. The molecule has 0 aromatic heterocycles. The first kappa shape index (κ1) is 15.5. The van der Waals surface area contributed by atoms with Crippen LogP contribution in [0.25, 0.3) is 0 Å². The molecule has 0 radical (unpaired) electrons. The second kappa shape index (κ2) is 7.19. The Morgan fingerprint density at radius 1 is 1.14 bits per heavy atom. The summed E-state index contributed by atoms with van der Waals surface area (Å²) in [4.78, 5) is 0. The van der Waals surface area contributed by atoms with Gasteiger partial charge in [-0.2, -0.15) is 17.9 Å². The van der Waals surface area contributed by atoms with E-state index < -0.39 is 0 Å². The van der Waals surface area contributed by atoms with Gasteiger partial charge in [-0.3, -0.25) is 0 Å². The van der Waals surface area contributed by atoms with Gasteiger partial charge in [0.25, 0.3) is 0 Å². The predicted octanol–water partition coefficient (Wildman–Crippen LogP) is 4.27. The molecule has 0 N–H and O–H groups in total. The second-order valence-corrected chi connectivity index (χ2v) is 5.52. The van der Waals surface area contributed by atoms with Gasteiger partial charge in [-0.1, -0.05) is 30.3 Å². The topological polar surface area (TPSA) is 33.0 Å². The largest absolute Gasteiger partial charge is 0.492 e. The Balaban J connectivity index is 2.14. The highest BCUT2D eigenvalue weighted by atomic mass is 32.1. The van der Waals surface area contributed by atoms with E-state index in [-0.39, 0.29) is 5.92 Å². The lowest BCUT2D eigenvalue weighted by Crippen LogP contribution is -2.13. The van der Waals surface area contributed by atoms with Gasteiger partial charge in [0.05, 0.1) is 18.2 Å². The third kappa shape index (κ3) is 3.80. The van der Waals surface area contributed by atoms with Crippen molar-refractivity contribution < 1.29 is 4.74 Å².